The number of hydrogen-bond acceptors (Lipinski definition) is 5. The Balaban J connectivity index is 2.10. The Morgan fingerprint density at radius 2 is 0.939 bits per heavy atom. The number of methoxy groups -OCH3 is 3. The van der Waals surface area contributed by atoms with Crippen LogP contribution in [-0.2, 0) is 5.41 Å². The summed E-state index contributed by atoms with van der Waals surface area (Å²) in [6.07, 6.45) is 3.85. The van der Waals surface area contributed by atoms with Crippen LogP contribution in [0.3, 0.4) is 0 Å². The van der Waals surface area contributed by atoms with Crippen LogP contribution in [0.4, 0.5) is 0 Å². The van der Waals surface area contributed by atoms with Gasteiger partial charge in [-0.1, -0.05) is 55.7 Å². The van der Waals surface area contributed by atoms with Crippen molar-refractivity contribution < 1.29 is 24.3 Å². The first-order chi connectivity index (χ1) is 16.0. The lowest BCUT2D eigenvalue weighted by Gasteiger charge is -2.36. The molecule has 0 spiro atoms. The SMILES string of the molecule is COc1ccc(C(CCCCCB(O)O)(c2ccc(OC)cc2)c2ccc(OC)cc2)cc1. The molecule has 0 saturated heterocycles. The Bertz CT molecular complexity index is 853. The lowest BCUT2D eigenvalue weighted by atomic mass is 9.66. The summed E-state index contributed by atoms with van der Waals surface area (Å²) in [7, 11) is 3.76. The van der Waals surface area contributed by atoms with E-state index >= 15 is 0 Å². The van der Waals surface area contributed by atoms with Crippen molar-refractivity contribution in [2.75, 3.05) is 21.3 Å². The van der Waals surface area contributed by atoms with Gasteiger partial charge < -0.3 is 24.3 Å². The Kier molecular flexibility index (Phi) is 8.81. The van der Waals surface area contributed by atoms with Gasteiger partial charge in [-0.05, 0) is 65.8 Å². The summed E-state index contributed by atoms with van der Waals surface area (Å²) in [6.45, 7) is 0. The molecule has 0 aromatic heterocycles. The molecular weight excluding hydrogens is 415 g/mol. The van der Waals surface area contributed by atoms with Gasteiger partial charge in [-0.3, -0.25) is 0 Å². The van der Waals surface area contributed by atoms with Crippen molar-refractivity contribution in [3.05, 3.63) is 89.5 Å². The molecule has 3 rings (SSSR count). The second-order valence-corrected chi connectivity index (χ2v) is 8.17. The van der Waals surface area contributed by atoms with Crippen LogP contribution >= 0.6 is 0 Å². The highest BCUT2D eigenvalue weighted by Gasteiger charge is 2.36. The molecule has 0 radical (unpaired) electrons. The summed E-state index contributed by atoms with van der Waals surface area (Å²) >= 11 is 0. The number of unbranched alkanes of at least 4 members (excludes halogenated alkanes) is 2. The van der Waals surface area contributed by atoms with Gasteiger partial charge in [0.1, 0.15) is 17.2 Å². The first-order valence-corrected chi connectivity index (χ1v) is 11.3. The molecule has 0 unspecified atom stereocenters. The van der Waals surface area contributed by atoms with E-state index in [1.165, 1.54) is 16.7 Å². The Hall–Kier alpha value is -2.96. The van der Waals surface area contributed by atoms with Crippen molar-refractivity contribution in [1.82, 2.24) is 0 Å². The Morgan fingerprint density at radius 3 is 1.24 bits per heavy atom. The highest BCUT2D eigenvalue weighted by molar-refractivity contribution is 6.40. The monoisotopic (exact) mass is 448 g/mol. The maximum absolute atomic E-state index is 9.21. The molecule has 0 aliphatic heterocycles. The molecule has 2 N–H and O–H groups in total. The fraction of sp³-hybridized carbons (Fsp3) is 0.333. The van der Waals surface area contributed by atoms with Crippen LogP contribution in [0.1, 0.15) is 42.4 Å². The normalized spacial score (nSPS) is 11.2. The molecule has 174 valence electrons. The van der Waals surface area contributed by atoms with Crippen LogP contribution in [0.2, 0.25) is 6.32 Å². The third-order valence-corrected chi connectivity index (χ3v) is 6.26. The second-order valence-electron chi connectivity index (χ2n) is 8.17. The molecular formula is C27H33BO5. The first kappa shape index (κ1) is 24.7. The minimum absolute atomic E-state index is 0.389. The van der Waals surface area contributed by atoms with E-state index in [0.717, 1.165) is 42.9 Å². The lowest BCUT2D eigenvalue weighted by Crippen LogP contribution is -2.29. The standard InChI is InChI=1S/C27H33BO5/c1-31-24-13-7-21(8-14-24)27(19-5-4-6-20-28(29)30,22-9-15-25(32-2)16-10-22)23-11-17-26(33-3)18-12-23/h7-18,29-30H,4-6,19-20H2,1-3H3. The molecule has 0 amide bonds. The van der Waals surface area contributed by atoms with E-state index < -0.39 is 12.5 Å². The Morgan fingerprint density at radius 1 is 0.576 bits per heavy atom. The van der Waals surface area contributed by atoms with Crippen LogP contribution in [0, 0.1) is 0 Å². The summed E-state index contributed by atoms with van der Waals surface area (Å²) < 4.78 is 16.2. The van der Waals surface area contributed by atoms with Crippen molar-refractivity contribution in [3.63, 3.8) is 0 Å². The maximum Gasteiger partial charge on any atom is 0.451 e. The highest BCUT2D eigenvalue weighted by Crippen LogP contribution is 2.45. The lowest BCUT2D eigenvalue weighted by molar-refractivity contribution is 0.400. The molecule has 33 heavy (non-hydrogen) atoms. The summed E-state index contributed by atoms with van der Waals surface area (Å²) in [5, 5.41) is 18.4. The van der Waals surface area contributed by atoms with Gasteiger partial charge in [0.2, 0.25) is 0 Å². The summed E-state index contributed by atoms with van der Waals surface area (Å²) in [5.74, 6) is 2.44. The van der Waals surface area contributed by atoms with Crippen LogP contribution in [0.5, 0.6) is 17.2 Å². The Labute approximate surface area is 197 Å². The van der Waals surface area contributed by atoms with Gasteiger partial charge in [0.25, 0.3) is 0 Å². The average molecular weight is 448 g/mol. The van der Waals surface area contributed by atoms with Crippen molar-refractivity contribution in [2.24, 2.45) is 0 Å². The summed E-state index contributed by atoms with van der Waals surface area (Å²) in [6, 6.07) is 24.8. The molecule has 3 aromatic carbocycles. The zero-order valence-corrected chi connectivity index (χ0v) is 19.7. The molecule has 0 heterocycles. The quantitative estimate of drug-likeness (QED) is 0.230. The number of benzene rings is 3. The minimum atomic E-state index is -1.25. The smallest absolute Gasteiger partial charge is 0.451 e. The zero-order valence-electron chi connectivity index (χ0n) is 19.7. The van der Waals surface area contributed by atoms with Crippen LogP contribution in [0.25, 0.3) is 0 Å². The highest BCUT2D eigenvalue weighted by atomic mass is 16.5. The first-order valence-electron chi connectivity index (χ1n) is 11.3. The van der Waals surface area contributed by atoms with Crippen molar-refractivity contribution >= 4 is 7.12 Å². The van der Waals surface area contributed by atoms with Crippen LogP contribution in [0.15, 0.2) is 72.8 Å². The minimum Gasteiger partial charge on any atom is -0.497 e. The molecule has 6 heteroatoms. The van der Waals surface area contributed by atoms with Gasteiger partial charge in [0, 0.05) is 5.41 Å². The zero-order chi connectivity index (χ0) is 23.7. The molecule has 0 bridgehead atoms. The van der Waals surface area contributed by atoms with Gasteiger partial charge in [-0.25, -0.2) is 0 Å². The van der Waals surface area contributed by atoms with Gasteiger partial charge in [0.05, 0.1) is 21.3 Å². The van der Waals surface area contributed by atoms with Gasteiger partial charge in [0.15, 0.2) is 0 Å². The topological polar surface area (TPSA) is 68.2 Å². The molecule has 0 atom stereocenters. The third-order valence-electron chi connectivity index (χ3n) is 6.26. The number of hydrogen-bond donors (Lipinski definition) is 2. The second kappa shape index (κ2) is 11.8. The van der Waals surface area contributed by atoms with E-state index in [1.54, 1.807) is 21.3 Å². The van der Waals surface area contributed by atoms with Crippen LogP contribution < -0.4 is 14.2 Å². The largest absolute Gasteiger partial charge is 0.497 e. The van der Waals surface area contributed by atoms with Crippen molar-refractivity contribution in [3.8, 4) is 17.2 Å². The van der Waals surface area contributed by atoms with E-state index in [0.29, 0.717) is 6.32 Å². The van der Waals surface area contributed by atoms with Gasteiger partial charge in [-0.15, -0.1) is 0 Å². The van der Waals surface area contributed by atoms with Crippen molar-refractivity contribution in [1.29, 1.82) is 0 Å². The van der Waals surface area contributed by atoms with Crippen LogP contribution in [-0.4, -0.2) is 38.5 Å². The van der Waals surface area contributed by atoms with Gasteiger partial charge in [-0.2, -0.15) is 0 Å². The molecule has 0 fully saturated rings. The van der Waals surface area contributed by atoms with E-state index in [-0.39, 0.29) is 0 Å². The number of rotatable bonds is 12. The third kappa shape index (κ3) is 5.89. The molecule has 0 saturated carbocycles. The predicted molar refractivity (Wildman–Crippen MR) is 132 cm³/mol. The molecule has 5 nitrogen and oxygen atoms in total. The molecule has 3 aromatic rings. The summed E-state index contributed by atoms with van der Waals surface area (Å²) in [5.41, 5.74) is 3.10. The van der Waals surface area contributed by atoms with E-state index in [2.05, 4.69) is 36.4 Å². The molecule has 0 aliphatic carbocycles. The summed E-state index contributed by atoms with van der Waals surface area (Å²) in [4.78, 5) is 0. The average Bonchev–Trinajstić information content (AvgIpc) is 2.86. The molecule has 0 aliphatic rings. The van der Waals surface area contributed by atoms with E-state index in [1.807, 2.05) is 36.4 Å². The van der Waals surface area contributed by atoms with Crippen molar-refractivity contribution in [2.45, 2.75) is 37.4 Å². The van der Waals surface area contributed by atoms with Gasteiger partial charge >= 0.3 is 7.12 Å². The van der Waals surface area contributed by atoms with E-state index in [4.69, 9.17) is 14.2 Å². The fourth-order valence-electron chi connectivity index (χ4n) is 4.45. The maximum atomic E-state index is 9.21. The fourth-order valence-corrected chi connectivity index (χ4v) is 4.45. The number of ether oxygens (including phenoxy) is 3. The van der Waals surface area contributed by atoms with E-state index in [9.17, 15) is 10.0 Å². The predicted octanol–water partition coefficient (Wildman–Crippen LogP) is 5.08.